The number of thioether (sulfide) groups is 1. The van der Waals surface area contributed by atoms with Gasteiger partial charge < -0.3 is 5.73 Å². The Hall–Kier alpha value is -2.44. The highest BCUT2D eigenvalue weighted by atomic mass is 32.2. The van der Waals surface area contributed by atoms with Crippen LogP contribution in [0.25, 0.3) is 11.1 Å². The molecule has 3 aromatic rings. The van der Waals surface area contributed by atoms with Gasteiger partial charge in [-0.3, -0.25) is 0 Å². The topological polar surface area (TPSA) is 69.1 Å². The molecule has 0 saturated heterocycles. The monoisotopic (exact) mass is 377 g/mol. The summed E-state index contributed by atoms with van der Waals surface area (Å²) in [6.45, 7) is 0.745. The molecule has 0 aliphatic carbocycles. The molecular formula is C21H23N5S. The zero-order valence-corrected chi connectivity index (χ0v) is 16.0. The van der Waals surface area contributed by atoms with Gasteiger partial charge in [0.25, 0.3) is 0 Å². The lowest BCUT2D eigenvalue weighted by Crippen LogP contribution is -2.14. The number of aryl methyl sites for hydroxylation is 1. The van der Waals surface area contributed by atoms with Gasteiger partial charge in [0.1, 0.15) is 0 Å². The largest absolute Gasteiger partial charge is 0.330 e. The lowest BCUT2D eigenvalue weighted by atomic mass is 10.0. The highest BCUT2D eigenvalue weighted by molar-refractivity contribution is 7.99. The third-order valence-electron chi connectivity index (χ3n) is 4.67. The van der Waals surface area contributed by atoms with Crippen molar-refractivity contribution in [1.82, 2.24) is 14.9 Å². The van der Waals surface area contributed by atoms with Gasteiger partial charge in [-0.1, -0.05) is 72.8 Å². The summed E-state index contributed by atoms with van der Waals surface area (Å²) < 4.78 is 1.91. The first kappa shape index (κ1) is 17.9. The normalized spacial score (nSPS) is 13.3. The van der Waals surface area contributed by atoms with Gasteiger partial charge in [-0.2, -0.15) is 9.78 Å². The first-order valence-corrected chi connectivity index (χ1v) is 10.3. The van der Waals surface area contributed by atoms with Gasteiger partial charge in [-0.15, -0.1) is 10.2 Å². The van der Waals surface area contributed by atoms with Gasteiger partial charge in [0.15, 0.2) is 5.82 Å². The molecular weight excluding hydrogens is 354 g/mol. The van der Waals surface area contributed by atoms with E-state index < -0.39 is 0 Å². The van der Waals surface area contributed by atoms with E-state index in [1.54, 1.807) is 11.8 Å². The van der Waals surface area contributed by atoms with Crippen molar-refractivity contribution in [3.8, 4) is 11.1 Å². The fourth-order valence-corrected chi connectivity index (χ4v) is 4.01. The van der Waals surface area contributed by atoms with Crippen molar-refractivity contribution in [3.05, 3.63) is 66.0 Å². The van der Waals surface area contributed by atoms with Crippen LogP contribution in [0.2, 0.25) is 0 Å². The van der Waals surface area contributed by atoms with Crippen LogP contribution in [-0.4, -0.2) is 32.9 Å². The molecule has 1 aliphatic heterocycles. The Morgan fingerprint density at radius 1 is 0.852 bits per heavy atom. The zero-order chi connectivity index (χ0) is 18.5. The second-order valence-electron chi connectivity index (χ2n) is 6.59. The molecule has 6 heteroatoms. The summed E-state index contributed by atoms with van der Waals surface area (Å²) in [4.78, 5) is 0. The zero-order valence-electron chi connectivity index (χ0n) is 15.2. The molecule has 27 heavy (non-hydrogen) atoms. The van der Waals surface area contributed by atoms with Gasteiger partial charge >= 0.3 is 0 Å². The minimum Gasteiger partial charge on any atom is -0.330 e. The standard InChI is InChI=1S/C21H23N5S/c22-14-6-2-5-9-20-23-24-21-26(20)25-19(15-27-21)18-12-10-17(11-13-18)16-7-3-1-4-8-16/h1,3-4,7-8,10-13H,2,5-6,9,14-15,22H2. The van der Waals surface area contributed by atoms with Gasteiger partial charge in [-0.25, -0.2) is 0 Å². The fraction of sp³-hybridized carbons (Fsp3) is 0.286. The molecule has 0 bridgehead atoms. The molecule has 0 atom stereocenters. The van der Waals surface area contributed by atoms with Gasteiger partial charge in [0.2, 0.25) is 5.16 Å². The van der Waals surface area contributed by atoms with E-state index in [4.69, 9.17) is 10.8 Å². The maximum Gasteiger partial charge on any atom is 0.212 e. The molecule has 2 aromatic carbocycles. The smallest absolute Gasteiger partial charge is 0.212 e. The molecule has 4 rings (SSSR count). The van der Waals surface area contributed by atoms with Crippen LogP contribution >= 0.6 is 11.8 Å². The molecule has 0 unspecified atom stereocenters. The molecule has 0 radical (unpaired) electrons. The maximum atomic E-state index is 5.57. The van der Waals surface area contributed by atoms with E-state index in [-0.39, 0.29) is 0 Å². The van der Waals surface area contributed by atoms with Crippen LogP contribution in [0.3, 0.4) is 0 Å². The first-order chi connectivity index (χ1) is 13.3. The number of fused-ring (bicyclic) bond motifs is 1. The predicted octanol–water partition coefficient (Wildman–Crippen LogP) is 3.97. The van der Waals surface area contributed by atoms with E-state index in [0.29, 0.717) is 0 Å². The van der Waals surface area contributed by atoms with E-state index >= 15 is 0 Å². The lowest BCUT2D eigenvalue weighted by molar-refractivity contribution is 0.635. The number of unbranched alkanes of at least 4 members (excludes halogenated alkanes) is 2. The summed E-state index contributed by atoms with van der Waals surface area (Å²) in [5, 5.41) is 14.3. The third-order valence-corrected chi connectivity index (χ3v) is 5.60. The average molecular weight is 378 g/mol. The van der Waals surface area contributed by atoms with Crippen LogP contribution in [0.5, 0.6) is 0 Å². The van der Waals surface area contributed by atoms with Crippen molar-refractivity contribution in [1.29, 1.82) is 0 Å². The summed E-state index contributed by atoms with van der Waals surface area (Å²) in [5.41, 5.74) is 10.2. The van der Waals surface area contributed by atoms with E-state index in [1.165, 1.54) is 11.1 Å². The number of rotatable bonds is 7. The van der Waals surface area contributed by atoms with E-state index in [0.717, 1.165) is 60.2 Å². The maximum absolute atomic E-state index is 5.57. The van der Waals surface area contributed by atoms with E-state index in [2.05, 4.69) is 58.7 Å². The Balaban J connectivity index is 1.53. The molecule has 138 valence electrons. The minimum absolute atomic E-state index is 0.745. The fourth-order valence-electron chi connectivity index (χ4n) is 3.16. The van der Waals surface area contributed by atoms with Crippen molar-refractivity contribution < 1.29 is 0 Å². The molecule has 0 amide bonds. The second kappa shape index (κ2) is 8.50. The number of nitrogens with two attached hydrogens (primary N) is 1. The van der Waals surface area contributed by atoms with Crippen LogP contribution in [-0.2, 0) is 6.42 Å². The van der Waals surface area contributed by atoms with Crippen LogP contribution in [0.1, 0.15) is 30.7 Å². The number of hydrogen-bond acceptors (Lipinski definition) is 5. The van der Waals surface area contributed by atoms with Crippen LogP contribution in [0, 0.1) is 0 Å². The van der Waals surface area contributed by atoms with Gasteiger partial charge in [0, 0.05) is 12.2 Å². The summed E-state index contributed by atoms with van der Waals surface area (Å²) in [7, 11) is 0. The summed E-state index contributed by atoms with van der Waals surface area (Å²) >= 11 is 1.70. The van der Waals surface area contributed by atoms with E-state index in [1.807, 2.05) is 10.7 Å². The first-order valence-electron chi connectivity index (χ1n) is 9.36. The molecule has 0 spiro atoms. The summed E-state index contributed by atoms with van der Waals surface area (Å²) in [6, 6.07) is 19.0. The van der Waals surface area contributed by atoms with Crippen molar-refractivity contribution in [2.75, 3.05) is 12.3 Å². The summed E-state index contributed by atoms with van der Waals surface area (Å²) in [6.07, 6.45) is 4.12. The molecule has 2 N–H and O–H groups in total. The molecule has 0 saturated carbocycles. The number of aromatic nitrogens is 3. The second-order valence-corrected chi connectivity index (χ2v) is 7.53. The minimum atomic E-state index is 0.745. The van der Waals surface area contributed by atoms with Crippen molar-refractivity contribution in [2.24, 2.45) is 10.8 Å². The predicted molar refractivity (Wildman–Crippen MR) is 111 cm³/mol. The molecule has 2 heterocycles. The highest BCUT2D eigenvalue weighted by Gasteiger charge is 2.19. The third kappa shape index (κ3) is 4.12. The van der Waals surface area contributed by atoms with Gasteiger partial charge in [-0.05, 0) is 36.1 Å². The Labute approximate surface area is 163 Å². The Bertz CT molecular complexity index is 916. The number of hydrogen-bond donors (Lipinski definition) is 1. The van der Waals surface area contributed by atoms with Crippen molar-refractivity contribution in [3.63, 3.8) is 0 Å². The quantitative estimate of drug-likeness (QED) is 0.633. The number of nitrogens with zero attached hydrogens (tertiary/aromatic N) is 4. The summed E-state index contributed by atoms with van der Waals surface area (Å²) in [5.74, 6) is 1.75. The molecule has 5 nitrogen and oxygen atoms in total. The number of benzene rings is 2. The van der Waals surface area contributed by atoms with Crippen molar-refractivity contribution >= 4 is 17.5 Å². The van der Waals surface area contributed by atoms with Gasteiger partial charge in [0.05, 0.1) is 5.71 Å². The van der Waals surface area contributed by atoms with E-state index in [9.17, 15) is 0 Å². The Morgan fingerprint density at radius 2 is 1.59 bits per heavy atom. The Kier molecular flexibility index (Phi) is 5.65. The van der Waals surface area contributed by atoms with Crippen LogP contribution in [0.4, 0.5) is 0 Å². The molecule has 1 aliphatic rings. The molecule has 0 fully saturated rings. The average Bonchev–Trinajstić information content (AvgIpc) is 3.14. The lowest BCUT2D eigenvalue weighted by Gasteiger charge is -2.14. The van der Waals surface area contributed by atoms with Crippen molar-refractivity contribution in [2.45, 2.75) is 30.8 Å². The molecule has 1 aromatic heterocycles. The Morgan fingerprint density at radius 3 is 2.37 bits per heavy atom. The van der Waals surface area contributed by atoms with Crippen LogP contribution < -0.4 is 5.73 Å². The highest BCUT2D eigenvalue weighted by Crippen LogP contribution is 2.26. The SMILES string of the molecule is NCCCCCc1nnc2n1N=C(c1ccc(-c3ccccc3)cc1)CS2. The van der Waals surface area contributed by atoms with Crippen LogP contribution in [0.15, 0.2) is 64.9 Å².